The molecule has 0 saturated carbocycles. The first-order valence-corrected chi connectivity index (χ1v) is 6.94. The summed E-state index contributed by atoms with van der Waals surface area (Å²) in [7, 11) is 0. The molecule has 0 bridgehead atoms. The Balaban J connectivity index is 2.12. The molecular weight excluding hydrogens is 396 g/mol. The van der Waals surface area contributed by atoms with E-state index in [1.165, 1.54) is 18.2 Å². The van der Waals surface area contributed by atoms with E-state index in [1.54, 1.807) is 18.2 Å². The lowest BCUT2D eigenvalue weighted by atomic mass is 10.2. The first-order chi connectivity index (χ1) is 9.88. The smallest absolute Gasteiger partial charge is 0.298 e. The molecule has 0 aliphatic heterocycles. The van der Waals surface area contributed by atoms with Crippen molar-refractivity contribution < 1.29 is 18.0 Å². The summed E-state index contributed by atoms with van der Waals surface area (Å²) in [6, 6.07) is 11.6. The Morgan fingerprint density at radius 2 is 1.76 bits per heavy atom. The number of hydrogen-bond acceptors (Lipinski definition) is 2. The highest BCUT2D eigenvalue weighted by atomic mass is 127. The van der Waals surface area contributed by atoms with Crippen molar-refractivity contribution in [1.29, 1.82) is 0 Å². The third-order valence-electron chi connectivity index (χ3n) is 2.63. The normalized spacial score (nSPS) is 11.0. The number of rotatable bonds is 3. The number of benzene rings is 2. The Bertz CT molecular complexity index is 659. The van der Waals surface area contributed by atoms with Crippen LogP contribution < -0.4 is 10.9 Å². The summed E-state index contributed by atoms with van der Waals surface area (Å²) in [5.41, 5.74) is 3.89. The molecule has 7 heteroatoms. The molecule has 0 radical (unpaired) electrons. The van der Waals surface area contributed by atoms with Crippen LogP contribution in [0.1, 0.15) is 15.9 Å². The average Bonchev–Trinajstić information content (AvgIpc) is 2.44. The number of para-hydroxylation sites is 1. The fourth-order valence-corrected chi connectivity index (χ4v) is 2.21. The predicted molar refractivity (Wildman–Crippen MR) is 81.7 cm³/mol. The van der Waals surface area contributed by atoms with Crippen molar-refractivity contribution >= 4 is 34.2 Å². The van der Waals surface area contributed by atoms with Gasteiger partial charge in [0, 0.05) is 9.13 Å². The minimum absolute atomic E-state index is 0.205. The van der Waals surface area contributed by atoms with Gasteiger partial charge in [0.2, 0.25) is 0 Å². The molecule has 0 heterocycles. The maximum atomic E-state index is 12.8. The fourth-order valence-electron chi connectivity index (χ4n) is 1.67. The van der Waals surface area contributed by atoms with Gasteiger partial charge in [0.25, 0.3) is 5.91 Å². The van der Waals surface area contributed by atoms with Gasteiger partial charge in [-0.1, -0.05) is 18.2 Å². The summed E-state index contributed by atoms with van der Waals surface area (Å²) in [5.74, 6) is -0.509. The van der Waals surface area contributed by atoms with Crippen LogP contribution in [0.15, 0.2) is 48.5 Å². The van der Waals surface area contributed by atoms with E-state index in [2.05, 4.69) is 10.9 Å². The molecule has 2 rings (SSSR count). The van der Waals surface area contributed by atoms with Crippen molar-refractivity contribution in [2.24, 2.45) is 0 Å². The van der Waals surface area contributed by atoms with Crippen LogP contribution in [-0.2, 0) is 6.18 Å². The van der Waals surface area contributed by atoms with E-state index in [1.807, 2.05) is 28.7 Å². The number of carbonyl (C=O) groups excluding carboxylic acids is 1. The third-order valence-corrected chi connectivity index (χ3v) is 3.30. The number of hydrogen-bond donors (Lipinski definition) is 2. The summed E-state index contributed by atoms with van der Waals surface area (Å²) in [5, 5.41) is 0. The van der Waals surface area contributed by atoms with Crippen molar-refractivity contribution in [1.82, 2.24) is 5.43 Å². The van der Waals surface area contributed by atoms with Gasteiger partial charge in [-0.15, -0.1) is 0 Å². The van der Waals surface area contributed by atoms with Crippen molar-refractivity contribution in [2.75, 3.05) is 5.43 Å². The molecule has 0 saturated heterocycles. The van der Waals surface area contributed by atoms with Crippen LogP contribution in [0.3, 0.4) is 0 Å². The second-order valence-corrected chi connectivity index (χ2v) is 5.38. The lowest BCUT2D eigenvalue weighted by molar-refractivity contribution is -0.137. The maximum Gasteiger partial charge on any atom is 0.418 e. The van der Waals surface area contributed by atoms with E-state index >= 15 is 0 Å². The van der Waals surface area contributed by atoms with E-state index < -0.39 is 17.6 Å². The minimum Gasteiger partial charge on any atom is -0.298 e. The number of hydrazine groups is 1. The number of amides is 1. The summed E-state index contributed by atoms with van der Waals surface area (Å²) in [4.78, 5) is 11.9. The van der Waals surface area contributed by atoms with Gasteiger partial charge < -0.3 is 0 Å². The largest absolute Gasteiger partial charge is 0.418 e. The second kappa shape index (κ2) is 6.33. The first kappa shape index (κ1) is 15.6. The minimum atomic E-state index is -4.49. The van der Waals surface area contributed by atoms with Crippen molar-refractivity contribution in [3.63, 3.8) is 0 Å². The highest BCUT2D eigenvalue weighted by Crippen LogP contribution is 2.34. The molecule has 21 heavy (non-hydrogen) atoms. The molecule has 2 aromatic carbocycles. The summed E-state index contributed by atoms with van der Waals surface area (Å²) in [6.07, 6.45) is -4.49. The van der Waals surface area contributed by atoms with Crippen LogP contribution in [-0.4, -0.2) is 5.91 Å². The Morgan fingerprint density at radius 1 is 1.05 bits per heavy atom. The molecule has 0 spiro atoms. The second-order valence-electron chi connectivity index (χ2n) is 4.13. The fraction of sp³-hybridized carbons (Fsp3) is 0.0714. The van der Waals surface area contributed by atoms with Crippen molar-refractivity contribution in [3.05, 3.63) is 63.2 Å². The van der Waals surface area contributed by atoms with Gasteiger partial charge in [0.1, 0.15) is 0 Å². The number of alkyl halides is 3. The van der Waals surface area contributed by atoms with Crippen LogP contribution in [0.5, 0.6) is 0 Å². The van der Waals surface area contributed by atoms with Gasteiger partial charge in [0.05, 0.1) is 11.3 Å². The van der Waals surface area contributed by atoms with Gasteiger partial charge in [-0.05, 0) is 52.9 Å². The molecule has 2 aromatic rings. The molecule has 0 aliphatic rings. The van der Waals surface area contributed by atoms with Crippen LogP contribution in [0, 0.1) is 3.57 Å². The maximum absolute atomic E-state index is 12.8. The zero-order chi connectivity index (χ0) is 15.5. The Labute approximate surface area is 132 Å². The van der Waals surface area contributed by atoms with Gasteiger partial charge in [-0.3, -0.25) is 15.6 Å². The highest BCUT2D eigenvalue weighted by Gasteiger charge is 2.33. The SMILES string of the molecule is O=C(NNc1ccccc1C(F)(F)F)c1cccc(I)c1. The highest BCUT2D eigenvalue weighted by molar-refractivity contribution is 14.1. The van der Waals surface area contributed by atoms with E-state index in [0.29, 0.717) is 5.56 Å². The molecule has 2 N–H and O–H groups in total. The zero-order valence-electron chi connectivity index (χ0n) is 10.5. The lowest BCUT2D eigenvalue weighted by Gasteiger charge is -2.15. The van der Waals surface area contributed by atoms with Crippen LogP contribution >= 0.6 is 22.6 Å². The average molecular weight is 406 g/mol. The first-order valence-electron chi connectivity index (χ1n) is 5.86. The molecular formula is C14H10F3IN2O. The number of anilines is 1. The van der Waals surface area contributed by atoms with Crippen LogP contribution in [0.25, 0.3) is 0 Å². The van der Waals surface area contributed by atoms with E-state index in [9.17, 15) is 18.0 Å². The van der Waals surface area contributed by atoms with Gasteiger partial charge in [0.15, 0.2) is 0 Å². The molecule has 0 aromatic heterocycles. The molecule has 0 fully saturated rings. The molecule has 0 atom stereocenters. The van der Waals surface area contributed by atoms with E-state index in [-0.39, 0.29) is 5.69 Å². The predicted octanol–water partition coefficient (Wildman–Crippen LogP) is 4.07. The molecule has 0 unspecified atom stereocenters. The van der Waals surface area contributed by atoms with E-state index in [4.69, 9.17) is 0 Å². The van der Waals surface area contributed by atoms with Crippen LogP contribution in [0.4, 0.5) is 18.9 Å². The third kappa shape index (κ3) is 4.10. The van der Waals surface area contributed by atoms with E-state index in [0.717, 1.165) is 9.64 Å². The van der Waals surface area contributed by atoms with Gasteiger partial charge >= 0.3 is 6.18 Å². The Hall–Kier alpha value is -1.77. The monoisotopic (exact) mass is 406 g/mol. The topological polar surface area (TPSA) is 41.1 Å². The van der Waals surface area contributed by atoms with Gasteiger partial charge in [-0.25, -0.2) is 0 Å². The summed E-state index contributed by atoms with van der Waals surface area (Å²) >= 11 is 2.05. The van der Waals surface area contributed by atoms with Gasteiger partial charge in [-0.2, -0.15) is 13.2 Å². The molecule has 3 nitrogen and oxygen atoms in total. The summed E-state index contributed by atoms with van der Waals surface area (Å²) < 4.78 is 39.2. The molecule has 110 valence electrons. The Morgan fingerprint density at radius 3 is 2.43 bits per heavy atom. The molecule has 0 aliphatic carbocycles. The number of nitrogens with one attached hydrogen (secondary N) is 2. The number of carbonyl (C=O) groups is 1. The van der Waals surface area contributed by atoms with Crippen molar-refractivity contribution in [3.8, 4) is 0 Å². The molecule has 1 amide bonds. The quantitative estimate of drug-likeness (QED) is 0.596. The summed E-state index contributed by atoms with van der Waals surface area (Å²) in [6.45, 7) is 0. The lowest BCUT2D eigenvalue weighted by Crippen LogP contribution is -2.30. The Kier molecular flexibility index (Phi) is 4.71. The van der Waals surface area contributed by atoms with Crippen LogP contribution in [0.2, 0.25) is 0 Å². The van der Waals surface area contributed by atoms with Crippen molar-refractivity contribution in [2.45, 2.75) is 6.18 Å². The zero-order valence-corrected chi connectivity index (χ0v) is 12.7. The number of halogens is 4. The standard InChI is InChI=1S/C14H10F3IN2O/c15-14(16,17)11-6-1-2-7-12(11)19-20-13(21)9-4-3-5-10(18)8-9/h1-8,19H,(H,20,21).